The molecule has 0 aliphatic heterocycles. The Labute approximate surface area is 156 Å². The summed E-state index contributed by atoms with van der Waals surface area (Å²) >= 11 is 0. The summed E-state index contributed by atoms with van der Waals surface area (Å²) in [5, 5.41) is 4.31. The number of rotatable bonds is 3. The maximum absolute atomic E-state index is 2.24. The van der Waals surface area contributed by atoms with Gasteiger partial charge >= 0.3 is 19.5 Å². The summed E-state index contributed by atoms with van der Waals surface area (Å²) < 4.78 is 0. The fourth-order valence-electron chi connectivity index (χ4n) is 2.31. The first-order chi connectivity index (χ1) is 9.45. The van der Waals surface area contributed by atoms with Crippen molar-refractivity contribution in [2.75, 3.05) is 0 Å². The zero-order valence-corrected chi connectivity index (χ0v) is 16.6. The smallest absolute Gasteiger partial charge is 0.358 e. The van der Waals surface area contributed by atoms with Gasteiger partial charge in [0.1, 0.15) is 15.9 Å². The van der Waals surface area contributed by atoms with Crippen LogP contribution < -0.4 is 15.9 Å². The predicted octanol–water partition coefficient (Wildman–Crippen LogP) is 4.53. The first-order valence-corrected chi connectivity index (χ1v) is 7.98. The van der Waals surface area contributed by atoms with Crippen LogP contribution >= 0.6 is 7.92 Å². The molecule has 0 aromatic heterocycles. The minimum absolute atomic E-state index is 0. The Morgan fingerprint density at radius 3 is 0.826 bits per heavy atom. The van der Waals surface area contributed by atoms with Crippen molar-refractivity contribution in [3.63, 3.8) is 0 Å². The third-order valence-electron chi connectivity index (χ3n) is 3.19. The Bertz CT molecular complexity index is 530. The van der Waals surface area contributed by atoms with E-state index in [9.17, 15) is 0 Å². The number of hydrogen-bond donors (Lipinski definition) is 0. The Morgan fingerprint density at radius 1 is 0.391 bits per heavy atom. The molecule has 0 nitrogen and oxygen atoms in total. The van der Waals surface area contributed by atoms with Crippen LogP contribution in [0.2, 0.25) is 0 Å². The van der Waals surface area contributed by atoms with Crippen LogP contribution in [0.5, 0.6) is 0 Å². The summed E-state index contributed by atoms with van der Waals surface area (Å²) in [5.41, 5.74) is 0. The van der Waals surface area contributed by atoms with Gasteiger partial charge in [0.15, 0.2) is 0 Å². The van der Waals surface area contributed by atoms with Crippen LogP contribution in [0.4, 0.5) is 0 Å². The summed E-state index contributed by atoms with van der Waals surface area (Å²) in [7, 11) is -0.877. The molecule has 0 fully saturated rings. The minimum atomic E-state index is -0.877. The topological polar surface area (TPSA) is 0 Å². The molecule has 3 aromatic rings. The van der Waals surface area contributed by atoms with Gasteiger partial charge in [0.25, 0.3) is 0 Å². The zero-order chi connectivity index (χ0) is 12.9. The largest absolute Gasteiger partial charge is 3.00 e. The maximum Gasteiger partial charge on any atom is 3.00 e. The van der Waals surface area contributed by atoms with Gasteiger partial charge in [-0.3, -0.25) is 0 Å². The van der Waals surface area contributed by atoms with Crippen molar-refractivity contribution in [1.29, 1.82) is 0 Å². The molecule has 0 saturated heterocycles. The van der Waals surface area contributed by atoms with Gasteiger partial charge in [-0.25, -0.2) is 0 Å². The first kappa shape index (κ1) is 24.0. The predicted molar refractivity (Wildman–Crippen MR) is 106 cm³/mol. The van der Waals surface area contributed by atoms with Crippen molar-refractivity contribution < 1.29 is 19.5 Å². The average Bonchev–Trinajstić information content (AvgIpc) is 2.51. The van der Waals surface area contributed by atoms with Crippen molar-refractivity contribution in [3.8, 4) is 0 Å². The Hall–Kier alpha value is -1.29. The second-order valence-electron chi connectivity index (χ2n) is 4.47. The van der Waals surface area contributed by atoms with Crippen LogP contribution in [0, 0.1) is 22.3 Å². The molecule has 0 radical (unpaired) electrons. The van der Waals surface area contributed by atoms with Crippen molar-refractivity contribution >= 4 is 23.8 Å². The molecule has 2 heteroatoms. The van der Waals surface area contributed by atoms with Crippen LogP contribution in [-0.2, 0) is 19.5 Å². The van der Waals surface area contributed by atoms with E-state index in [0.717, 1.165) is 0 Å². The minimum Gasteiger partial charge on any atom is -0.358 e. The molecule has 0 saturated carbocycles. The maximum atomic E-state index is 2.24. The fraction of sp³-hybridized carbons (Fsp3) is 0. The average molecular weight is 411 g/mol. The van der Waals surface area contributed by atoms with Gasteiger partial charge in [-0.15, -0.1) is 0 Å². The van der Waals surface area contributed by atoms with Gasteiger partial charge in [-0.1, -0.05) is 54.6 Å². The molecule has 0 amide bonds. The van der Waals surface area contributed by atoms with Crippen LogP contribution in [0.1, 0.15) is 0 Å². The summed E-state index contributed by atoms with van der Waals surface area (Å²) in [5.74, 6) is 0. The van der Waals surface area contributed by atoms with E-state index in [2.05, 4.69) is 91.0 Å². The molecule has 23 heavy (non-hydrogen) atoms. The van der Waals surface area contributed by atoms with Crippen LogP contribution in [-0.4, -0.2) is 0 Å². The van der Waals surface area contributed by atoms with Crippen molar-refractivity contribution in [3.05, 3.63) is 113 Å². The van der Waals surface area contributed by atoms with E-state index in [-0.39, 0.29) is 41.8 Å². The molecule has 0 unspecified atom stereocenters. The van der Waals surface area contributed by atoms with Gasteiger partial charge in [0.2, 0.25) is 0 Å². The summed E-state index contributed by atoms with van der Waals surface area (Å²) in [4.78, 5) is 0. The van der Waals surface area contributed by atoms with Gasteiger partial charge in [0.05, 0.1) is 7.92 Å². The third kappa shape index (κ3) is 6.02. The third-order valence-corrected chi connectivity index (χ3v) is 5.92. The van der Waals surface area contributed by atoms with E-state index in [0.29, 0.717) is 0 Å². The first-order valence-electron chi connectivity index (χ1n) is 6.48. The second-order valence-corrected chi connectivity index (χ2v) is 6.96. The standard InChI is InChI=1S/C18H15P.3CH3.Rh/c1-4-10-16(11-5-1)19(17-12-6-2-7-13-17)18-14-8-3-9-15-18;;;;/h1-15H;3*1H3;/q;3*-1;+3/p+1. The molecule has 3 aromatic carbocycles. The molecule has 0 aliphatic carbocycles. The second kappa shape index (κ2) is 12.2. The van der Waals surface area contributed by atoms with Gasteiger partial charge < -0.3 is 22.3 Å². The zero-order valence-electron chi connectivity index (χ0n) is 14.0. The Morgan fingerprint density at radius 2 is 0.609 bits per heavy atom. The van der Waals surface area contributed by atoms with Crippen LogP contribution in [0.25, 0.3) is 0 Å². The summed E-state index contributed by atoms with van der Waals surface area (Å²) in [6, 6.07) is 32.5. The SMILES string of the molecule is [CH3-].[CH3-].[CH3-].[Rh+3].c1ccc([PH+](c2ccccc2)c2ccccc2)cc1. The van der Waals surface area contributed by atoms with E-state index < -0.39 is 7.92 Å². The molecular weight excluding hydrogens is 386 g/mol. The molecule has 122 valence electrons. The van der Waals surface area contributed by atoms with Crippen LogP contribution in [0.15, 0.2) is 91.0 Å². The summed E-state index contributed by atoms with van der Waals surface area (Å²) in [6.45, 7) is 0. The van der Waals surface area contributed by atoms with Gasteiger partial charge in [-0.2, -0.15) is 0 Å². The van der Waals surface area contributed by atoms with E-state index in [1.54, 1.807) is 0 Å². The summed E-state index contributed by atoms with van der Waals surface area (Å²) in [6.07, 6.45) is 0. The monoisotopic (exact) mass is 411 g/mol. The Balaban J connectivity index is 0. The quantitative estimate of drug-likeness (QED) is 0.338. The molecule has 0 aliphatic rings. The van der Waals surface area contributed by atoms with Gasteiger partial charge in [-0.05, 0) is 36.4 Å². The molecule has 0 atom stereocenters. The van der Waals surface area contributed by atoms with Crippen molar-refractivity contribution in [1.82, 2.24) is 0 Å². The number of hydrogen-bond acceptors (Lipinski definition) is 0. The van der Waals surface area contributed by atoms with Crippen molar-refractivity contribution in [2.24, 2.45) is 0 Å². The van der Waals surface area contributed by atoms with Gasteiger partial charge in [0, 0.05) is 0 Å². The molecule has 3 rings (SSSR count). The molecular formula is C21H25PRh+. The molecule has 0 N–H and O–H groups in total. The van der Waals surface area contributed by atoms with Crippen LogP contribution in [0.3, 0.4) is 0 Å². The normalized spacial score (nSPS) is 8.74. The van der Waals surface area contributed by atoms with Crippen molar-refractivity contribution in [2.45, 2.75) is 0 Å². The van der Waals surface area contributed by atoms with E-state index >= 15 is 0 Å². The van der Waals surface area contributed by atoms with E-state index in [4.69, 9.17) is 0 Å². The Kier molecular flexibility index (Phi) is 12.7. The molecule has 0 bridgehead atoms. The molecule has 0 spiro atoms. The fourth-order valence-corrected chi connectivity index (χ4v) is 4.89. The van der Waals surface area contributed by atoms with E-state index in [1.165, 1.54) is 15.9 Å². The number of benzene rings is 3. The molecule has 0 heterocycles. The van der Waals surface area contributed by atoms with E-state index in [1.807, 2.05) is 0 Å².